The van der Waals surface area contributed by atoms with Crippen LogP contribution >= 0.6 is 0 Å². The van der Waals surface area contributed by atoms with E-state index in [9.17, 15) is 0 Å². The van der Waals surface area contributed by atoms with E-state index in [-0.39, 0.29) is 0 Å². The van der Waals surface area contributed by atoms with Crippen molar-refractivity contribution in [1.29, 1.82) is 0 Å². The Hall–Kier alpha value is -0.830. The fourth-order valence-corrected chi connectivity index (χ4v) is 2.47. The normalized spacial score (nSPS) is 15.2. The molecular weight excluding hydrogens is 210 g/mol. The second-order valence-electron chi connectivity index (χ2n) is 5.54. The maximum Gasteiger partial charge on any atom is 0.0947 e. The highest BCUT2D eigenvalue weighted by Gasteiger charge is 2.17. The van der Waals surface area contributed by atoms with Gasteiger partial charge in [-0.2, -0.15) is 0 Å². The summed E-state index contributed by atoms with van der Waals surface area (Å²) < 4.78 is 2.02. The zero-order chi connectivity index (χ0) is 12.8. The van der Waals surface area contributed by atoms with Gasteiger partial charge >= 0.3 is 0 Å². The van der Waals surface area contributed by atoms with Crippen molar-refractivity contribution in [1.82, 2.24) is 14.9 Å². The highest BCUT2D eigenvalue weighted by atomic mass is 15.0. The monoisotopic (exact) mass is 237 g/mol. The van der Waals surface area contributed by atoms with E-state index in [4.69, 9.17) is 0 Å². The quantitative estimate of drug-likeness (QED) is 0.789. The van der Waals surface area contributed by atoms with Crippen LogP contribution in [0.3, 0.4) is 0 Å². The lowest BCUT2D eigenvalue weighted by Gasteiger charge is -2.21. The van der Waals surface area contributed by atoms with Crippen molar-refractivity contribution in [3.8, 4) is 0 Å². The third-order valence-corrected chi connectivity index (χ3v) is 3.04. The molecule has 1 aromatic rings. The Morgan fingerprint density at radius 2 is 2.00 bits per heavy atom. The van der Waals surface area contributed by atoms with Crippen molar-refractivity contribution in [3.05, 3.63) is 18.2 Å². The molecule has 1 heterocycles. The van der Waals surface area contributed by atoms with Crippen LogP contribution in [0.15, 0.2) is 12.5 Å². The summed E-state index contributed by atoms with van der Waals surface area (Å²) in [6, 6.07) is 0.398. The minimum Gasteiger partial charge on any atom is -0.340 e. The van der Waals surface area contributed by atoms with Crippen molar-refractivity contribution in [2.45, 2.75) is 46.6 Å². The molecule has 0 spiro atoms. The molecule has 0 amide bonds. The average Bonchev–Trinajstić information content (AvgIpc) is 2.63. The first-order valence-corrected chi connectivity index (χ1v) is 6.74. The van der Waals surface area contributed by atoms with Gasteiger partial charge in [0.15, 0.2) is 0 Å². The summed E-state index contributed by atoms with van der Waals surface area (Å²) in [6.45, 7) is 10.1. The van der Waals surface area contributed by atoms with Crippen LogP contribution in [0.1, 0.15) is 52.3 Å². The van der Waals surface area contributed by atoms with E-state index >= 15 is 0 Å². The number of nitrogens with one attached hydrogen (secondary N) is 1. The van der Waals surface area contributed by atoms with Crippen LogP contribution in [0, 0.1) is 11.8 Å². The van der Waals surface area contributed by atoms with E-state index in [1.54, 1.807) is 0 Å². The number of aryl methyl sites for hydroxylation is 1. The number of aromatic nitrogens is 2. The summed E-state index contributed by atoms with van der Waals surface area (Å²) in [7, 11) is 2.02. The van der Waals surface area contributed by atoms with Gasteiger partial charge in [0.2, 0.25) is 0 Å². The van der Waals surface area contributed by atoms with E-state index in [2.05, 4.69) is 44.2 Å². The number of nitrogens with zero attached hydrogens (tertiary/aromatic N) is 2. The molecule has 1 aromatic heterocycles. The first kappa shape index (κ1) is 14.2. The standard InChI is InChI=1S/C14H27N3/c1-6-15-13(8-12(4)7-11(2)3)14-9-17(5)10-16-14/h9-13,15H,6-8H2,1-5H3. The van der Waals surface area contributed by atoms with Crippen molar-refractivity contribution in [3.63, 3.8) is 0 Å². The highest BCUT2D eigenvalue weighted by molar-refractivity contribution is 5.03. The van der Waals surface area contributed by atoms with Crippen LogP contribution < -0.4 is 5.32 Å². The molecule has 2 unspecified atom stereocenters. The second kappa shape index (κ2) is 6.80. The van der Waals surface area contributed by atoms with Gasteiger partial charge in [-0.25, -0.2) is 4.98 Å². The van der Waals surface area contributed by atoms with Gasteiger partial charge in [-0.1, -0.05) is 27.7 Å². The molecule has 17 heavy (non-hydrogen) atoms. The molecule has 1 rings (SSSR count). The lowest BCUT2D eigenvalue weighted by molar-refractivity contribution is 0.356. The fraction of sp³-hybridized carbons (Fsp3) is 0.786. The van der Waals surface area contributed by atoms with Gasteiger partial charge in [0.25, 0.3) is 0 Å². The minimum atomic E-state index is 0.398. The summed E-state index contributed by atoms with van der Waals surface area (Å²) in [5, 5.41) is 3.54. The van der Waals surface area contributed by atoms with Gasteiger partial charge in [0, 0.05) is 13.2 Å². The molecule has 1 N–H and O–H groups in total. The molecule has 3 nitrogen and oxygen atoms in total. The Morgan fingerprint density at radius 1 is 1.29 bits per heavy atom. The van der Waals surface area contributed by atoms with Gasteiger partial charge in [-0.3, -0.25) is 0 Å². The predicted molar refractivity (Wildman–Crippen MR) is 72.9 cm³/mol. The topological polar surface area (TPSA) is 29.9 Å². The SMILES string of the molecule is CCNC(CC(C)CC(C)C)c1cn(C)cn1. The van der Waals surface area contributed by atoms with Crippen LogP contribution in [0.2, 0.25) is 0 Å². The molecule has 0 saturated carbocycles. The van der Waals surface area contributed by atoms with Crippen molar-refractivity contribution in [2.75, 3.05) is 6.54 Å². The number of imidazole rings is 1. The Balaban J connectivity index is 2.60. The maximum absolute atomic E-state index is 4.47. The Kier molecular flexibility index (Phi) is 5.69. The first-order valence-electron chi connectivity index (χ1n) is 6.74. The Morgan fingerprint density at radius 3 is 2.47 bits per heavy atom. The maximum atomic E-state index is 4.47. The molecule has 0 fully saturated rings. The lowest BCUT2D eigenvalue weighted by Crippen LogP contribution is -2.23. The molecule has 0 aromatic carbocycles. The lowest BCUT2D eigenvalue weighted by atomic mass is 9.92. The van der Waals surface area contributed by atoms with Crippen molar-refractivity contribution in [2.24, 2.45) is 18.9 Å². The number of rotatable bonds is 7. The van der Waals surface area contributed by atoms with Gasteiger partial charge in [-0.15, -0.1) is 0 Å². The zero-order valence-corrected chi connectivity index (χ0v) is 11.9. The predicted octanol–water partition coefficient (Wildman–Crippen LogP) is 3.14. The smallest absolute Gasteiger partial charge is 0.0947 e. The van der Waals surface area contributed by atoms with Gasteiger partial charge in [0.1, 0.15) is 0 Å². The molecule has 0 radical (unpaired) electrons. The second-order valence-corrected chi connectivity index (χ2v) is 5.54. The molecule has 0 saturated heterocycles. The first-order chi connectivity index (χ1) is 8.02. The minimum absolute atomic E-state index is 0.398. The van der Waals surface area contributed by atoms with Crippen LogP contribution in [-0.4, -0.2) is 16.1 Å². The summed E-state index contributed by atoms with van der Waals surface area (Å²) in [6.07, 6.45) is 6.46. The van der Waals surface area contributed by atoms with Gasteiger partial charge in [0.05, 0.1) is 18.1 Å². The number of hydrogen-bond donors (Lipinski definition) is 1. The molecule has 0 aliphatic rings. The van der Waals surface area contributed by atoms with Gasteiger partial charge < -0.3 is 9.88 Å². The molecule has 0 aliphatic heterocycles. The van der Waals surface area contributed by atoms with Crippen molar-refractivity contribution < 1.29 is 0 Å². The highest BCUT2D eigenvalue weighted by Crippen LogP contribution is 2.24. The van der Waals surface area contributed by atoms with Crippen LogP contribution in [0.5, 0.6) is 0 Å². The Labute approximate surface area is 106 Å². The average molecular weight is 237 g/mol. The number of hydrogen-bond acceptors (Lipinski definition) is 2. The van der Waals surface area contributed by atoms with Crippen LogP contribution in [0.4, 0.5) is 0 Å². The van der Waals surface area contributed by atoms with Gasteiger partial charge in [-0.05, 0) is 31.2 Å². The summed E-state index contributed by atoms with van der Waals surface area (Å²) in [5.41, 5.74) is 1.17. The third kappa shape index (κ3) is 4.90. The molecular formula is C14H27N3. The molecule has 2 atom stereocenters. The summed E-state index contributed by atoms with van der Waals surface area (Å²) >= 11 is 0. The molecule has 0 aliphatic carbocycles. The summed E-state index contributed by atoms with van der Waals surface area (Å²) in [5.74, 6) is 1.51. The summed E-state index contributed by atoms with van der Waals surface area (Å²) in [4.78, 5) is 4.47. The van der Waals surface area contributed by atoms with E-state index in [0.717, 1.165) is 18.4 Å². The van der Waals surface area contributed by atoms with E-state index in [1.807, 2.05) is 17.9 Å². The molecule has 3 heteroatoms. The zero-order valence-electron chi connectivity index (χ0n) is 11.9. The Bertz CT molecular complexity index is 317. The largest absolute Gasteiger partial charge is 0.340 e. The van der Waals surface area contributed by atoms with Crippen LogP contribution in [-0.2, 0) is 7.05 Å². The van der Waals surface area contributed by atoms with Crippen LogP contribution in [0.25, 0.3) is 0 Å². The molecule has 98 valence electrons. The molecule has 0 bridgehead atoms. The third-order valence-electron chi connectivity index (χ3n) is 3.04. The van der Waals surface area contributed by atoms with Crippen molar-refractivity contribution >= 4 is 0 Å². The van der Waals surface area contributed by atoms with E-state index in [0.29, 0.717) is 6.04 Å². The van der Waals surface area contributed by atoms with E-state index in [1.165, 1.54) is 18.5 Å². The van der Waals surface area contributed by atoms with E-state index < -0.39 is 0 Å². The fourth-order valence-electron chi connectivity index (χ4n) is 2.47.